The molecule has 2 N–H and O–H groups in total. The second-order valence-corrected chi connectivity index (χ2v) is 5.45. The summed E-state index contributed by atoms with van der Waals surface area (Å²) in [6.07, 6.45) is 1.14. The first-order chi connectivity index (χ1) is 9.11. The van der Waals surface area contributed by atoms with Gasteiger partial charge in [0, 0.05) is 32.2 Å². The van der Waals surface area contributed by atoms with Gasteiger partial charge in [0.2, 0.25) is 0 Å². The summed E-state index contributed by atoms with van der Waals surface area (Å²) in [4.78, 5) is 4.73. The van der Waals surface area contributed by atoms with Gasteiger partial charge in [0.05, 0.1) is 0 Å². The normalized spacial score (nSPS) is 20.2. The van der Waals surface area contributed by atoms with Gasteiger partial charge < -0.3 is 10.6 Å². The minimum absolute atomic E-state index is 0.127. The fraction of sp³-hybridized carbons (Fsp3) is 0.600. The lowest BCUT2D eigenvalue weighted by atomic mass is 9.99. The van der Waals surface area contributed by atoms with Gasteiger partial charge in [-0.2, -0.15) is 0 Å². The molecule has 1 fully saturated rings. The van der Waals surface area contributed by atoms with Crippen LogP contribution < -0.4 is 5.73 Å². The van der Waals surface area contributed by atoms with Crippen molar-refractivity contribution in [2.24, 2.45) is 5.73 Å². The Kier molecular flexibility index (Phi) is 4.91. The molecule has 1 atom stereocenters. The topological polar surface area (TPSA) is 32.5 Å². The van der Waals surface area contributed by atoms with Crippen LogP contribution in [-0.4, -0.2) is 49.6 Å². The van der Waals surface area contributed by atoms with Gasteiger partial charge in [0.15, 0.2) is 0 Å². The van der Waals surface area contributed by atoms with E-state index in [1.807, 2.05) is 13.0 Å². The van der Waals surface area contributed by atoms with E-state index in [0.29, 0.717) is 6.54 Å². The van der Waals surface area contributed by atoms with Crippen molar-refractivity contribution in [3.63, 3.8) is 0 Å². The van der Waals surface area contributed by atoms with E-state index in [2.05, 4.69) is 16.8 Å². The molecule has 0 amide bonds. The SMILES string of the molecule is Cc1ccc(F)cc1C(CN)N1CCCN(C)CC1. The van der Waals surface area contributed by atoms with E-state index in [1.165, 1.54) is 6.07 Å². The van der Waals surface area contributed by atoms with Gasteiger partial charge in [-0.3, -0.25) is 4.90 Å². The fourth-order valence-corrected chi connectivity index (χ4v) is 2.82. The maximum atomic E-state index is 13.5. The minimum Gasteiger partial charge on any atom is -0.329 e. The zero-order chi connectivity index (χ0) is 13.8. The molecule has 1 aliphatic heterocycles. The molecule has 3 nitrogen and oxygen atoms in total. The quantitative estimate of drug-likeness (QED) is 0.904. The third kappa shape index (κ3) is 3.53. The standard InChI is InChI=1S/C15H24FN3/c1-12-4-5-13(16)10-14(12)15(11-17)19-7-3-6-18(2)8-9-19/h4-5,10,15H,3,6-9,11,17H2,1-2H3. The highest BCUT2D eigenvalue weighted by Gasteiger charge is 2.22. The zero-order valence-electron chi connectivity index (χ0n) is 11.9. The van der Waals surface area contributed by atoms with Crippen LogP contribution in [0.15, 0.2) is 18.2 Å². The van der Waals surface area contributed by atoms with Gasteiger partial charge in [-0.05, 0) is 50.2 Å². The molecule has 19 heavy (non-hydrogen) atoms. The number of hydrogen-bond acceptors (Lipinski definition) is 3. The van der Waals surface area contributed by atoms with E-state index in [9.17, 15) is 4.39 Å². The molecule has 0 aliphatic carbocycles. The monoisotopic (exact) mass is 265 g/mol. The number of nitrogens with zero attached hydrogens (tertiary/aromatic N) is 2. The molecule has 1 saturated heterocycles. The van der Waals surface area contributed by atoms with E-state index in [-0.39, 0.29) is 11.9 Å². The summed E-state index contributed by atoms with van der Waals surface area (Å²) in [7, 11) is 2.15. The Balaban J connectivity index is 2.21. The largest absolute Gasteiger partial charge is 0.329 e. The molecule has 0 spiro atoms. The van der Waals surface area contributed by atoms with Crippen LogP contribution in [0.5, 0.6) is 0 Å². The van der Waals surface area contributed by atoms with Crippen molar-refractivity contribution in [1.82, 2.24) is 9.80 Å². The lowest BCUT2D eigenvalue weighted by molar-refractivity contribution is 0.207. The predicted octanol–water partition coefficient (Wildman–Crippen LogP) is 1.77. The molecule has 4 heteroatoms. The van der Waals surface area contributed by atoms with Crippen molar-refractivity contribution in [3.8, 4) is 0 Å². The minimum atomic E-state index is -0.175. The number of aryl methyl sites for hydroxylation is 1. The van der Waals surface area contributed by atoms with Crippen LogP contribution in [0.4, 0.5) is 4.39 Å². The summed E-state index contributed by atoms with van der Waals surface area (Å²) in [6.45, 7) is 6.76. The Morgan fingerprint density at radius 2 is 2.05 bits per heavy atom. The first-order valence-electron chi connectivity index (χ1n) is 7.00. The molecule has 1 unspecified atom stereocenters. The summed E-state index contributed by atoms with van der Waals surface area (Å²) in [6, 6.07) is 5.13. The lowest BCUT2D eigenvalue weighted by Crippen LogP contribution is -2.37. The predicted molar refractivity (Wildman–Crippen MR) is 76.6 cm³/mol. The molecule has 2 rings (SSSR count). The van der Waals surface area contributed by atoms with Crippen LogP contribution in [0.3, 0.4) is 0 Å². The molecular weight excluding hydrogens is 241 g/mol. The van der Waals surface area contributed by atoms with E-state index < -0.39 is 0 Å². The van der Waals surface area contributed by atoms with Crippen LogP contribution in [-0.2, 0) is 0 Å². The molecule has 106 valence electrons. The summed E-state index contributed by atoms with van der Waals surface area (Å²) < 4.78 is 13.5. The molecule has 1 aliphatic rings. The van der Waals surface area contributed by atoms with E-state index in [1.54, 1.807) is 6.07 Å². The Hall–Kier alpha value is -0.970. The van der Waals surface area contributed by atoms with Gasteiger partial charge in [-0.25, -0.2) is 4.39 Å². The lowest BCUT2D eigenvalue weighted by Gasteiger charge is -2.31. The number of hydrogen-bond donors (Lipinski definition) is 1. The van der Waals surface area contributed by atoms with Gasteiger partial charge in [-0.15, -0.1) is 0 Å². The fourth-order valence-electron chi connectivity index (χ4n) is 2.82. The molecular formula is C15H24FN3. The number of likely N-dealkylation sites (N-methyl/N-ethyl adjacent to an activating group) is 1. The second kappa shape index (κ2) is 6.46. The molecule has 1 aromatic carbocycles. The van der Waals surface area contributed by atoms with Crippen molar-refractivity contribution in [2.75, 3.05) is 39.8 Å². The van der Waals surface area contributed by atoms with Gasteiger partial charge in [-0.1, -0.05) is 6.07 Å². The van der Waals surface area contributed by atoms with Crippen molar-refractivity contribution < 1.29 is 4.39 Å². The van der Waals surface area contributed by atoms with Gasteiger partial charge in [0.1, 0.15) is 5.82 Å². The smallest absolute Gasteiger partial charge is 0.123 e. The Morgan fingerprint density at radius 1 is 1.26 bits per heavy atom. The van der Waals surface area contributed by atoms with Crippen molar-refractivity contribution >= 4 is 0 Å². The first-order valence-corrected chi connectivity index (χ1v) is 7.00. The molecule has 0 aromatic heterocycles. The maximum absolute atomic E-state index is 13.5. The summed E-state index contributed by atoms with van der Waals surface area (Å²) in [5, 5.41) is 0. The highest BCUT2D eigenvalue weighted by Crippen LogP contribution is 2.25. The summed E-state index contributed by atoms with van der Waals surface area (Å²) >= 11 is 0. The van der Waals surface area contributed by atoms with Gasteiger partial charge >= 0.3 is 0 Å². The molecule has 0 bridgehead atoms. The first kappa shape index (κ1) is 14.4. The van der Waals surface area contributed by atoms with Crippen molar-refractivity contribution in [2.45, 2.75) is 19.4 Å². The second-order valence-electron chi connectivity index (χ2n) is 5.45. The van der Waals surface area contributed by atoms with Crippen LogP contribution in [0.2, 0.25) is 0 Å². The molecule has 1 aromatic rings. The van der Waals surface area contributed by atoms with Crippen molar-refractivity contribution in [3.05, 3.63) is 35.1 Å². The Bertz CT molecular complexity index is 422. The van der Waals surface area contributed by atoms with Crippen LogP contribution in [0.1, 0.15) is 23.6 Å². The number of benzene rings is 1. The average molecular weight is 265 g/mol. The molecule has 0 radical (unpaired) electrons. The van der Waals surface area contributed by atoms with Crippen LogP contribution >= 0.6 is 0 Å². The number of nitrogens with two attached hydrogens (primary N) is 1. The molecule has 1 heterocycles. The third-order valence-electron chi connectivity index (χ3n) is 4.02. The Morgan fingerprint density at radius 3 is 2.79 bits per heavy atom. The Labute approximate surface area is 115 Å². The van der Waals surface area contributed by atoms with Crippen molar-refractivity contribution in [1.29, 1.82) is 0 Å². The zero-order valence-corrected chi connectivity index (χ0v) is 11.9. The third-order valence-corrected chi connectivity index (χ3v) is 4.02. The number of halogens is 1. The van der Waals surface area contributed by atoms with Gasteiger partial charge in [0.25, 0.3) is 0 Å². The maximum Gasteiger partial charge on any atom is 0.123 e. The highest BCUT2D eigenvalue weighted by atomic mass is 19.1. The summed E-state index contributed by atoms with van der Waals surface area (Å²) in [5.41, 5.74) is 8.12. The molecule has 0 saturated carbocycles. The summed E-state index contributed by atoms with van der Waals surface area (Å²) in [5.74, 6) is -0.175. The van der Waals surface area contributed by atoms with E-state index in [0.717, 1.165) is 43.7 Å². The number of rotatable bonds is 3. The average Bonchev–Trinajstić information content (AvgIpc) is 2.60. The van der Waals surface area contributed by atoms with E-state index in [4.69, 9.17) is 5.73 Å². The van der Waals surface area contributed by atoms with E-state index >= 15 is 0 Å². The highest BCUT2D eigenvalue weighted by molar-refractivity contribution is 5.30. The van der Waals surface area contributed by atoms with Crippen LogP contribution in [0, 0.1) is 12.7 Å². The van der Waals surface area contributed by atoms with Crippen LogP contribution in [0.25, 0.3) is 0 Å².